The second kappa shape index (κ2) is 7.11. The van der Waals surface area contributed by atoms with Crippen molar-refractivity contribution in [2.45, 2.75) is 38.0 Å². The average molecular weight is 376 g/mol. The molecule has 1 unspecified atom stereocenters. The molecule has 2 heterocycles. The van der Waals surface area contributed by atoms with E-state index >= 15 is 0 Å². The van der Waals surface area contributed by atoms with Crippen LogP contribution in [0.4, 0.5) is 10.5 Å². The van der Waals surface area contributed by atoms with Gasteiger partial charge < -0.3 is 24.6 Å². The first-order chi connectivity index (χ1) is 12.8. The van der Waals surface area contributed by atoms with Crippen molar-refractivity contribution in [1.82, 2.24) is 4.90 Å². The van der Waals surface area contributed by atoms with Gasteiger partial charge in [-0.15, -0.1) is 0 Å². The Morgan fingerprint density at radius 1 is 1.44 bits per heavy atom. The van der Waals surface area contributed by atoms with E-state index in [1.165, 1.54) is 25.3 Å². The van der Waals surface area contributed by atoms with Gasteiger partial charge in [-0.25, -0.2) is 9.69 Å². The van der Waals surface area contributed by atoms with E-state index in [-0.39, 0.29) is 35.3 Å². The Morgan fingerprint density at radius 2 is 2.19 bits per heavy atom. The molecule has 3 rings (SSSR count). The summed E-state index contributed by atoms with van der Waals surface area (Å²) in [4.78, 5) is 28.6. The number of benzene rings is 1. The smallest absolute Gasteiger partial charge is 0.416 e. The van der Waals surface area contributed by atoms with Gasteiger partial charge in [-0.2, -0.15) is 0 Å². The predicted octanol–water partition coefficient (Wildman–Crippen LogP) is 2.25. The largest absolute Gasteiger partial charge is 0.504 e. The van der Waals surface area contributed by atoms with Crippen LogP contribution in [0.25, 0.3) is 0 Å². The maximum absolute atomic E-state index is 13.3. The third-order valence-corrected chi connectivity index (χ3v) is 5.29. The van der Waals surface area contributed by atoms with Gasteiger partial charge in [0.25, 0.3) is 5.91 Å². The van der Waals surface area contributed by atoms with Crippen LogP contribution in [-0.4, -0.2) is 59.1 Å². The Hall–Kier alpha value is -2.74. The first kappa shape index (κ1) is 19.0. The number of piperidine rings is 1. The number of nitrogens with zero attached hydrogens (tertiary/aromatic N) is 2. The number of carbonyl (C=O) groups excluding carboxylic acids is 2. The molecule has 1 saturated heterocycles. The molecule has 2 aliphatic rings. The lowest BCUT2D eigenvalue weighted by Gasteiger charge is -2.47. The molecule has 2 atom stereocenters. The molecule has 8 nitrogen and oxygen atoms in total. The zero-order valence-corrected chi connectivity index (χ0v) is 15.5. The number of rotatable bonds is 3. The summed E-state index contributed by atoms with van der Waals surface area (Å²) >= 11 is 0. The number of aliphatic hydroxyl groups is 1. The molecule has 1 aromatic carbocycles. The van der Waals surface area contributed by atoms with E-state index < -0.39 is 17.9 Å². The average Bonchev–Trinajstić information content (AvgIpc) is 2.72. The molecule has 0 aromatic heterocycles. The number of carbonyl (C=O) groups is 2. The van der Waals surface area contributed by atoms with E-state index in [0.29, 0.717) is 13.0 Å². The number of hydrogen-bond donors (Lipinski definition) is 2. The molecule has 0 bridgehead atoms. The van der Waals surface area contributed by atoms with Gasteiger partial charge in [0.1, 0.15) is 6.61 Å². The molecular formula is C19H24N2O6. The Kier molecular flexibility index (Phi) is 5.01. The Morgan fingerprint density at radius 3 is 2.85 bits per heavy atom. The number of aliphatic hydroxyl groups excluding tert-OH is 1. The van der Waals surface area contributed by atoms with Crippen LogP contribution in [0.5, 0.6) is 11.5 Å². The molecule has 0 spiro atoms. The van der Waals surface area contributed by atoms with E-state index in [2.05, 4.69) is 6.58 Å². The lowest BCUT2D eigenvalue weighted by molar-refractivity contribution is -0.0290. The fraction of sp³-hybridized carbons (Fsp3) is 0.474. The number of hydrogen-bond acceptors (Lipinski definition) is 6. The van der Waals surface area contributed by atoms with Crippen LogP contribution in [0.15, 0.2) is 24.8 Å². The molecule has 1 aromatic rings. The maximum Gasteiger partial charge on any atom is 0.416 e. The van der Waals surface area contributed by atoms with Crippen molar-refractivity contribution in [2.24, 2.45) is 0 Å². The summed E-state index contributed by atoms with van der Waals surface area (Å²) in [5.41, 5.74) is -0.745. The Labute approximate surface area is 157 Å². The van der Waals surface area contributed by atoms with Gasteiger partial charge in [0.2, 0.25) is 0 Å². The number of phenolic OH excluding ortho intramolecular Hbond substituents is 1. The fourth-order valence-electron chi connectivity index (χ4n) is 3.79. The topological polar surface area (TPSA) is 99.5 Å². The minimum Gasteiger partial charge on any atom is -0.504 e. The van der Waals surface area contributed by atoms with Crippen molar-refractivity contribution >= 4 is 17.7 Å². The minimum absolute atomic E-state index is 0.0477. The van der Waals surface area contributed by atoms with Gasteiger partial charge in [0, 0.05) is 12.6 Å². The first-order valence-corrected chi connectivity index (χ1v) is 8.83. The van der Waals surface area contributed by atoms with Gasteiger partial charge in [-0.3, -0.25) is 4.79 Å². The second-order valence-electron chi connectivity index (χ2n) is 6.92. The summed E-state index contributed by atoms with van der Waals surface area (Å²) in [6, 6.07) is 2.63. The van der Waals surface area contributed by atoms with Crippen molar-refractivity contribution < 1.29 is 29.3 Å². The van der Waals surface area contributed by atoms with E-state index in [1.807, 2.05) is 0 Å². The van der Waals surface area contributed by atoms with E-state index in [0.717, 1.165) is 17.7 Å². The zero-order valence-electron chi connectivity index (χ0n) is 15.5. The number of anilines is 1. The molecular weight excluding hydrogens is 352 g/mol. The summed E-state index contributed by atoms with van der Waals surface area (Å²) in [6.45, 7) is 5.68. The lowest BCUT2D eigenvalue weighted by Crippen LogP contribution is -2.63. The normalized spacial score (nSPS) is 24.6. The van der Waals surface area contributed by atoms with Crippen molar-refractivity contribution in [2.75, 3.05) is 25.2 Å². The van der Waals surface area contributed by atoms with Gasteiger partial charge in [-0.05, 0) is 32.3 Å². The standard InChI is InChI=1S/C19H24N2O6/c1-4-9-27-18(25)21-13-11-14(22)15(26-3)10-12(13)16(23)20-8-6-5-7-19(20,2)17(21)24/h4,10-11,17,22,24H,1,5-9H2,2-3H3/t17?,19-/m0/s1. The molecule has 0 aliphatic carbocycles. The van der Waals surface area contributed by atoms with Gasteiger partial charge >= 0.3 is 6.09 Å². The number of amides is 2. The summed E-state index contributed by atoms with van der Waals surface area (Å²) < 4.78 is 10.3. The highest BCUT2D eigenvalue weighted by Gasteiger charge is 2.51. The van der Waals surface area contributed by atoms with Crippen LogP contribution in [0.1, 0.15) is 36.5 Å². The lowest BCUT2D eigenvalue weighted by atomic mass is 9.86. The first-order valence-electron chi connectivity index (χ1n) is 8.83. The highest BCUT2D eigenvalue weighted by molar-refractivity contribution is 6.06. The van der Waals surface area contributed by atoms with Crippen LogP contribution < -0.4 is 9.64 Å². The summed E-state index contributed by atoms with van der Waals surface area (Å²) in [6.07, 6.45) is 1.40. The van der Waals surface area contributed by atoms with Crippen molar-refractivity contribution in [3.63, 3.8) is 0 Å². The van der Waals surface area contributed by atoms with Crippen LogP contribution >= 0.6 is 0 Å². The van der Waals surface area contributed by atoms with Crippen LogP contribution in [-0.2, 0) is 4.74 Å². The van der Waals surface area contributed by atoms with Crippen LogP contribution in [0.3, 0.4) is 0 Å². The quantitative estimate of drug-likeness (QED) is 0.785. The van der Waals surface area contributed by atoms with Crippen LogP contribution in [0, 0.1) is 0 Å². The van der Waals surface area contributed by atoms with E-state index in [9.17, 15) is 19.8 Å². The molecule has 2 amide bonds. The highest BCUT2D eigenvalue weighted by atomic mass is 16.6. The number of aromatic hydroxyl groups is 1. The zero-order chi connectivity index (χ0) is 19.8. The van der Waals surface area contributed by atoms with Crippen molar-refractivity contribution in [1.29, 1.82) is 0 Å². The molecule has 8 heteroatoms. The van der Waals surface area contributed by atoms with Gasteiger partial charge in [0.05, 0.1) is 23.9 Å². The monoisotopic (exact) mass is 376 g/mol. The number of fused-ring (bicyclic) bond motifs is 2. The highest BCUT2D eigenvalue weighted by Crippen LogP contribution is 2.43. The SMILES string of the molecule is C=CCOC(=O)N1c2cc(O)c(OC)cc2C(=O)N2CCCC[C@@]2(C)C1O. The fourth-order valence-corrected chi connectivity index (χ4v) is 3.79. The molecule has 0 saturated carbocycles. The summed E-state index contributed by atoms with van der Waals surface area (Å²) in [5, 5.41) is 21.4. The molecule has 2 aliphatic heterocycles. The molecule has 146 valence electrons. The molecule has 1 fully saturated rings. The van der Waals surface area contributed by atoms with Gasteiger partial charge in [-0.1, -0.05) is 12.7 Å². The molecule has 0 radical (unpaired) electrons. The second-order valence-corrected chi connectivity index (χ2v) is 6.92. The van der Waals surface area contributed by atoms with E-state index in [4.69, 9.17) is 9.47 Å². The molecule has 27 heavy (non-hydrogen) atoms. The predicted molar refractivity (Wildman–Crippen MR) is 98.0 cm³/mol. The van der Waals surface area contributed by atoms with E-state index in [1.54, 1.807) is 11.8 Å². The number of methoxy groups -OCH3 is 1. The Bertz CT molecular complexity index is 780. The van der Waals surface area contributed by atoms with Crippen LogP contribution in [0.2, 0.25) is 0 Å². The van der Waals surface area contributed by atoms with Crippen molar-refractivity contribution in [3.8, 4) is 11.5 Å². The third-order valence-electron chi connectivity index (χ3n) is 5.29. The third kappa shape index (κ3) is 2.99. The maximum atomic E-state index is 13.3. The summed E-state index contributed by atoms with van der Waals surface area (Å²) in [5.74, 6) is -0.469. The van der Waals surface area contributed by atoms with Crippen molar-refractivity contribution in [3.05, 3.63) is 30.4 Å². The Balaban J connectivity index is 2.21. The minimum atomic E-state index is -1.34. The molecule has 2 N–H and O–H groups in total. The summed E-state index contributed by atoms with van der Waals surface area (Å²) in [7, 11) is 1.37. The van der Waals surface area contributed by atoms with Gasteiger partial charge in [0.15, 0.2) is 17.7 Å². The number of ether oxygens (including phenoxy) is 2. The number of phenols is 1.